The second-order valence-corrected chi connectivity index (χ2v) is 6.88. The number of nitrogens with zero attached hydrogens (tertiary/aromatic N) is 1. The number of carbonyl (C=O) groups excluding carboxylic acids is 1. The summed E-state index contributed by atoms with van der Waals surface area (Å²) >= 11 is 0. The first kappa shape index (κ1) is 17.5. The smallest absolute Gasteiger partial charge is 0.336 e. The van der Waals surface area contributed by atoms with Crippen LogP contribution in [-0.4, -0.2) is 28.5 Å². The molecule has 6 heteroatoms. The Bertz CT molecular complexity index is 858. The molecule has 0 aliphatic carbocycles. The van der Waals surface area contributed by atoms with Crippen LogP contribution in [0.5, 0.6) is 5.75 Å². The van der Waals surface area contributed by atoms with Crippen molar-refractivity contribution in [2.24, 2.45) is 11.7 Å². The molecule has 1 saturated heterocycles. The van der Waals surface area contributed by atoms with Gasteiger partial charge in [0.05, 0.1) is 5.92 Å². The summed E-state index contributed by atoms with van der Waals surface area (Å²) in [6.45, 7) is 5.22. The number of fused-ring (bicyclic) bond motifs is 1. The lowest BCUT2D eigenvalue weighted by molar-refractivity contribution is -0.124. The van der Waals surface area contributed by atoms with Crippen LogP contribution in [0.25, 0.3) is 11.0 Å². The first-order valence-electron chi connectivity index (χ1n) is 8.71. The van der Waals surface area contributed by atoms with Crippen LogP contribution in [0.1, 0.15) is 37.8 Å². The zero-order valence-electron chi connectivity index (χ0n) is 14.6. The predicted octanol–water partition coefficient (Wildman–Crippen LogP) is 2.15. The van der Waals surface area contributed by atoms with Crippen LogP contribution < -0.4 is 11.4 Å². The number of aryl methyl sites for hydroxylation is 1. The highest BCUT2D eigenvalue weighted by atomic mass is 16.4. The van der Waals surface area contributed by atoms with E-state index in [9.17, 15) is 14.7 Å². The van der Waals surface area contributed by atoms with Gasteiger partial charge in [0.25, 0.3) is 0 Å². The summed E-state index contributed by atoms with van der Waals surface area (Å²) in [4.78, 5) is 25.7. The number of hydrogen-bond acceptors (Lipinski definition) is 5. The van der Waals surface area contributed by atoms with Gasteiger partial charge in [-0.15, -0.1) is 0 Å². The van der Waals surface area contributed by atoms with Gasteiger partial charge in [-0.05, 0) is 43.4 Å². The second-order valence-electron chi connectivity index (χ2n) is 6.88. The summed E-state index contributed by atoms with van der Waals surface area (Å²) in [5.41, 5.74) is 7.07. The van der Waals surface area contributed by atoms with Crippen molar-refractivity contribution >= 4 is 16.9 Å². The number of benzene rings is 1. The van der Waals surface area contributed by atoms with E-state index in [1.54, 1.807) is 0 Å². The Morgan fingerprint density at radius 1 is 1.32 bits per heavy atom. The maximum atomic E-state index is 11.9. The van der Waals surface area contributed by atoms with Crippen molar-refractivity contribution in [3.63, 3.8) is 0 Å². The Morgan fingerprint density at radius 3 is 2.76 bits per heavy atom. The molecule has 2 atom stereocenters. The van der Waals surface area contributed by atoms with E-state index >= 15 is 0 Å². The number of likely N-dealkylation sites (tertiary alicyclic amines) is 1. The van der Waals surface area contributed by atoms with E-state index in [0.717, 1.165) is 29.4 Å². The average molecular weight is 344 g/mol. The first-order valence-corrected chi connectivity index (χ1v) is 8.71. The minimum atomic E-state index is -0.442. The van der Waals surface area contributed by atoms with E-state index in [-0.39, 0.29) is 17.6 Å². The topological polar surface area (TPSA) is 96.8 Å². The fraction of sp³-hybridized carbons (Fsp3) is 0.474. The molecule has 2 heterocycles. The highest BCUT2D eigenvalue weighted by molar-refractivity contribution is 5.83. The Labute approximate surface area is 146 Å². The molecule has 0 radical (unpaired) electrons. The summed E-state index contributed by atoms with van der Waals surface area (Å²) in [7, 11) is 0. The molecule has 0 spiro atoms. The van der Waals surface area contributed by atoms with Crippen molar-refractivity contribution in [1.29, 1.82) is 0 Å². The summed E-state index contributed by atoms with van der Waals surface area (Å²) in [5, 5.41) is 10.8. The Balaban J connectivity index is 1.99. The van der Waals surface area contributed by atoms with Gasteiger partial charge < -0.3 is 15.3 Å². The van der Waals surface area contributed by atoms with Crippen LogP contribution in [-0.2, 0) is 17.8 Å². The molecule has 0 unspecified atom stereocenters. The standard InChI is InChI=1S/C19H24N2O4/c1-3-12-6-15-14(7-18(23)25-17(15)8-16(12)22)10-21-9-13(19(20)24)5-4-11(21)2/h6-8,11,13,22H,3-5,9-10H2,1-2H3,(H2,20,24)/t11-,13-/m0/s1. The van der Waals surface area contributed by atoms with E-state index in [1.165, 1.54) is 12.1 Å². The molecule has 2 aromatic rings. The van der Waals surface area contributed by atoms with Crippen LogP contribution >= 0.6 is 0 Å². The lowest BCUT2D eigenvalue weighted by atomic mass is 9.92. The molecular weight excluding hydrogens is 320 g/mol. The molecule has 134 valence electrons. The third-order valence-electron chi connectivity index (χ3n) is 5.20. The van der Waals surface area contributed by atoms with E-state index < -0.39 is 5.63 Å². The number of primary amides is 1. The van der Waals surface area contributed by atoms with E-state index in [1.807, 2.05) is 13.0 Å². The number of nitrogens with two attached hydrogens (primary N) is 1. The number of rotatable bonds is 4. The molecule has 1 aromatic heterocycles. The Morgan fingerprint density at radius 2 is 2.08 bits per heavy atom. The monoisotopic (exact) mass is 344 g/mol. The van der Waals surface area contributed by atoms with Gasteiger partial charge in [-0.2, -0.15) is 0 Å². The van der Waals surface area contributed by atoms with E-state index in [0.29, 0.717) is 31.1 Å². The number of phenolic OH excluding ortho intramolecular Hbond substituents is 1. The molecule has 3 rings (SSSR count). The van der Waals surface area contributed by atoms with Crippen LogP contribution in [0.15, 0.2) is 27.4 Å². The SMILES string of the molecule is CCc1cc2c(CN3C[C@@H](C(N)=O)CC[C@@H]3C)cc(=O)oc2cc1O. The number of carbonyl (C=O) groups is 1. The number of amides is 1. The molecule has 1 amide bonds. The lowest BCUT2D eigenvalue weighted by Gasteiger charge is -2.37. The highest BCUT2D eigenvalue weighted by Crippen LogP contribution is 2.29. The minimum absolute atomic E-state index is 0.135. The van der Waals surface area contributed by atoms with Crippen LogP contribution in [0.3, 0.4) is 0 Å². The molecule has 1 fully saturated rings. The maximum absolute atomic E-state index is 11.9. The quantitative estimate of drug-likeness (QED) is 0.828. The zero-order valence-corrected chi connectivity index (χ0v) is 14.6. The summed E-state index contributed by atoms with van der Waals surface area (Å²) < 4.78 is 5.25. The fourth-order valence-corrected chi connectivity index (χ4v) is 3.57. The third kappa shape index (κ3) is 3.54. The van der Waals surface area contributed by atoms with Crippen molar-refractivity contribution < 1.29 is 14.3 Å². The minimum Gasteiger partial charge on any atom is -0.508 e. The average Bonchev–Trinajstić information content (AvgIpc) is 2.55. The molecule has 1 aliphatic rings. The van der Waals surface area contributed by atoms with Crippen LogP contribution in [0.2, 0.25) is 0 Å². The summed E-state index contributed by atoms with van der Waals surface area (Å²) in [5.74, 6) is -0.291. The first-order chi connectivity index (χ1) is 11.9. The molecule has 0 saturated carbocycles. The second kappa shape index (κ2) is 6.88. The fourth-order valence-electron chi connectivity index (χ4n) is 3.57. The van der Waals surface area contributed by atoms with Gasteiger partial charge in [-0.3, -0.25) is 9.69 Å². The van der Waals surface area contributed by atoms with Gasteiger partial charge in [-0.1, -0.05) is 6.92 Å². The lowest BCUT2D eigenvalue weighted by Crippen LogP contribution is -2.45. The van der Waals surface area contributed by atoms with E-state index in [2.05, 4.69) is 11.8 Å². The van der Waals surface area contributed by atoms with Crippen molar-refractivity contribution in [2.75, 3.05) is 6.54 Å². The van der Waals surface area contributed by atoms with Gasteiger partial charge in [0.2, 0.25) is 5.91 Å². The molecule has 3 N–H and O–H groups in total. The Kier molecular flexibility index (Phi) is 4.81. The summed E-state index contributed by atoms with van der Waals surface area (Å²) in [6.07, 6.45) is 2.39. The zero-order chi connectivity index (χ0) is 18.1. The van der Waals surface area contributed by atoms with Crippen LogP contribution in [0.4, 0.5) is 0 Å². The van der Waals surface area contributed by atoms with Gasteiger partial charge in [-0.25, -0.2) is 4.79 Å². The number of hydrogen-bond donors (Lipinski definition) is 2. The Hall–Kier alpha value is -2.34. The maximum Gasteiger partial charge on any atom is 0.336 e. The largest absolute Gasteiger partial charge is 0.508 e. The van der Waals surface area contributed by atoms with Gasteiger partial charge >= 0.3 is 5.63 Å². The van der Waals surface area contributed by atoms with Crippen LogP contribution in [0, 0.1) is 5.92 Å². The number of phenols is 1. The van der Waals surface area contributed by atoms with Gasteiger partial charge in [0, 0.05) is 36.7 Å². The van der Waals surface area contributed by atoms with Crippen molar-refractivity contribution in [2.45, 2.75) is 45.7 Å². The van der Waals surface area contributed by atoms with Gasteiger partial charge in [0.1, 0.15) is 11.3 Å². The highest BCUT2D eigenvalue weighted by Gasteiger charge is 2.29. The molecule has 25 heavy (non-hydrogen) atoms. The molecular formula is C19H24N2O4. The van der Waals surface area contributed by atoms with Crippen molar-refractivity contribution in [3.8, 4) is 5.75 Å². The number of piperidine rings is 1. The molecule has 6 nitrogen and oxygen atoms in total. The normalized spacial score (nSPS) is 21.5. The van der Waals surface area contributed by atoms with Gasteiger partial charge in [0.15, 0.2) is 0 Å². The molecule has 1 aliphatic heterocycles. The predicted molar refractivity (Wildman–Crippen MR) is 95.3 cm³/mol. The van der Waals surface area contributed by atoms with E-state index in [4.69, 9.17) is 10.2 Å². The summed E-state index contributed by atoms with van der Waals surface area (Å²) in [6, 6.07) is 5.19. The van der Waals surface area contributed by atoms with Crippen molar-refractivity contribution in [1.82, 2.24) is 4.90 Å². The molecule has 0 bridgehead atoms. The third-order valence-corrected chi connectivity index (χ3v) is 5.20. The van der Waals surface area contributed by atoms with Crippen molar-refractivity contribution in [3.05, 3.63) is 39.7 Å². The molecule has 1 aromatic carbocycles. The number of aromatic hydroxyl groups is 1.